The number of hydrogen-bond acceptors (Lipinski definition) is 5. The lowest BCUT2D eigenvalue weighted by Crippen LogP contribution is -2.24. The minimum atomic E-state index is 0.698. The molecule has 0 amide bonds. The summed E-state index contributed by atoms with van der Waals surface area (Å²) in [5.41, 5.74) is 2.74. The summed E-state index contributed by atoms with van der Waals surface area (Å²) in [6.07, 6.45) is 1.82. The van der Waals surface area contributed by atoms with Crippen molar-refractivity contribution in [2.45, 2.75) is 13.8 Å². The van der Waals surface area contributed by atoms with Gasteiger partial charge in [-0.3, -0.25) is 0 Å². The van der Waals surface area contributed by atoms with Crippen molar-refractivity contribution in [3.05, 3.63) is 66.9 Å². The Hall–Kier alpha value is -3.41. The maximum Gasteiger partial charge on any atom is 0.229 e. The molecular weight excluding hydrogens is 336 g/mol. The highest BCUT2D eigenvalue weighted by molar-refractivity contribution is 5.90. The van der Waals surface area contributed by atoms with E-state index in [0.717, 1.165) is 41.3 Å². The largest absolute Gasteiger partial charge is 0.341 e. The molecule has 6 nitrogen and oxygen atoms in total. The first-order valence-electron chi connectivity index (χ1n) is 9.18. The predicted octanol–water partition coefficient (Wildman–Crippen LogP) is 4.41. The lowest BCUT2D eigenvalue weighted by Gasteiger charge is -2.20. The third-order valence-corrected chi connectivity index (χ3v) is 4.50. The summed E-state index contributed by atoms with van der Waals surface area (Å²) in [4.78, 5) is 11.8. The van der Waals surface area contributed by atoms with Crippen LogP contribution in [-0.2, 0) is 0 Å². The fraction of sp³-hybridized carbons (Fsp3) is 0.190. The number of rotatable bonds is 6. The number of anilines is 3. The van der Waals surface area contributed by atoms with Crippen molar-refractivity contribution in [2.24, 2.45) is 0 Å². The van der Waals surface area contributed by atoms with Crippen LogP contribution in [0.25, 0.3) is 16.7 Å². The van der Waals surface area contributed by atoms with Crippen LogP contribution in [0.1, 0.15) is 13.8 Å². The average molecular weight is 358 g/mol. The maximum atomic E-state index is 4.83. The zero-order chi connectivity index (χ0) is 18.6. The molecule has 0 unspecified atom stereocenters. The van der Waals surface area contributed by atoms with Gasteiger partial charge in [0.2, 0.25) is 5.95 Å². The Morgan fingerprint density at radius 2 is 1.56 bits per heavy atom. The van der Waals surface area contributed by atoms with E-state index in [9.17, 15) is 0 Å². The molecule has 0 radical (unpaired) electrons. The molecule has 27 heavy (non-hydrogen) atoms. The number of aromatic nitrogens is 4. The Bertz CT molecular complexity index is 1020. The molecule has 6 heteroatoms. The number of nitrogens with one attached hydrogen (secondary N) is 1. The predicted molar refractivity (Wildman–Crippen MR) is 110 cm³/mol. The molecule has 0 aliphatic heterocycles. The van der Waals surface area contributed by atoms with E-state index in [1.165, 1.54) is 0 Å². The van der Waals surface area contributed by atoms with Gasteiger partial charge in [0.1, 0.15) is 5.82 Å². The van der Waals surface area contributed by atoms with Crippen molar-refractivity contribution in [2.75, 3.05) is 23.3 Å². The van der Waals surface area contributed by atoms with Gasteiger partial charge in [-0.25, -0.2) is 4.68 Å². The number of hydrogen-bond donors (Lipinski definition) is 1. The van der Waals surface area contributed by atoms with E-state index in [2.05, 4.69) is 29.2 Å². The zero-order valence-electron chi connectivity index (χ0n) is 15.5. The molecule has 1 N–H and O–H groups in total. The van der Waals surface area contributed by atoms with E-state index in [1.807, 2.05) is 71.5 Å². The van der Waals surface area contributed by atoms with E-state index in [1.54, 1.807) is 0 Å². The molecule has 0 aliphatic carbocycles. The van der Waals surface area contributed by atoms with Crippen molar-refractivity contribution in [3.63, 3.8) is 0 Å². The van der Waals surface area contributed by atoms with Gasteiger partial charge in [0, 0.05) is 18.8 Å². The van der Waals surface area contributed by atoms with Crippen molar-refractivity contribution in [1.29, 1.82) is 0 Å². The molecule has 0 saturated carbocycles. The monoisotopic (exact) mass is 358 g/mol. The fourth-order valence-electron chi connectivity index (χ4n) is 3.06. The Kier molecular flexibility index (Phi) is 4.70. The van der Waals surface area contributed by atoms with Crippen LogP contribution in [0.4, 0.5) is 17.5 Å². The zero-order valence-corrected chi connectivity index (χ0v) is 15.5. The minimum Gasteiger partial charge on any atom is -0.341 e. The van der Waals surface area contributed by atoms with Gasteiger partial charge in [-0.2, -0.15) is 15.1 Å². The molecule has 0 aliphatic rings. The van der Waals surface area contributed by atoms with Crippen LogP contribution in [-0.4, -0.2) is 32.8 Å². The Morgan fingerprint density at radius 1 is 0.889 bits per heavy atom. The highest BCUT2D eigenvalue weighted by Gasteiger charge is 2.16. The van der Waals surface area contributed by atoms with Gasteiger partial charge in [0.25, 0.3) is 0 Å². The molecule has 4 aromatic rings. The number of nitrogens with zero attached hydrogens (tertiary/aromatic N) is 5. The summed E-state index contributed by atoms with van der Waals surface area (Å²) < 4.78 is 1.86. The molecule has 2 aromatic carbocycles. The standard InChI is InChI=1S/C21H22N6/c1-3-26(4-2)21-24-19(23-16-11-7-5-8-12-16)18-15-22-27(20(18)25-21)17-13-9-6-10-14-17/h5-15H,3-4H2,1-2H3,(H,23,24,25). The number of para-hydroxylation sites is 2. The van der Waals surface area contributed by atoms with Crippen LogP contribution in [0.3, 0.4) is 0 Å². The maximum absolute atomic E-state index is 4.83. The van der Waals surface area contributed by atoms with Crippen LogP contribution >= 0.6 is 0 Å². The summed E-state index contributed by atoms with van der Waals surface area (Å²) in [7, 11) is 0. The first-order chi connectivity index (χ1) is 13.3. The van der Waals surface area contributed by atoms with E-state index in [-0.39, 0.29) is 0 Å². The third kappa shape index (κ3) is 3.33. The van der Waals surface area contributed by atoms with Gasteiger partial charge < -0.3 is 10.2 Å². The quantitative estimate of drug-likeness (QED) is 0.553. The normalized spacial score (nSPS) is 10.9. The van der Waals surface area contributed by atoms with E-state index in [0.29, 0.717) is 5.95 Å². The molecule has 0 atom stereocenters. The van der Waals surface area contributed by atoms with Gasteiger partial charge in [-0.15, -0.1) is 0 Å². The topological polar surface area (TPSA) is 58.9 Å². The smallest absolute Gasteiger partial charge is 0.229 e. The second-order valence-electron chi connectivity index (χ2n) is 6.16. The van der Waals surface area contributed by atoms with Crippen molar-refractivity contribution >= 4 is 28.5 Å². The van der Waals surface area contributed by atoms with E-state index < -0.39 is 0 Å². The van der Waals surface area contributed by atoms with Crippen LogP contribution in [0.2, 0.25) is 0 Å². The summed E-state index contributed by atoms with van der Waals surface area (Å²) in [5.74, 6) is 1.46. The van der Waals surface area contributed by atoms with Gasteiger partial charge >= 0.3 is 0 Å². The molecule has 4 rings (SSSR count). The van der Waals surface area contributed by atoms with Gasteiger partial charge in [0.15, 0.2) is 5.65 Å². The van der Waals surface area contributed by atoms with Crippen molar-refractivity contribution in [1.82, 2.24) is 19.7 Å². The number of benzene rings is 2. The highest BCUT2D eigenvalue weighted by Crippen LogP contribution is 2.27. The van der Waals surface area contributed by atoms with Crippen molar-refractivity contribution < 1.29 is 0 Å². The van der Waals surface area contributed by atoms with Crippen LogP contribution in [0.15, 0.2) is 66.9 Å². The van der Waals surface area contributed by atoms with E-state index >= 15 is 0 Å². The molecule has 2 aromatic heterocycles. The summed E-state index contributed by atoms with van der Waals surface area (Å²) in [6, 6.07) is 20.1. The molecular formula is C21H22N6. The molecule has 2 heterocycles. The van der Waals surface area contributed by atoms with Crippen LogP contribution in [0, 0.1) is 0 Å². The summed E-state index contributed by atoms with van der Waals surface area (Å²) in [5, 5.41) is 8.89. The first-order valence-corrected chi connectivity index (χ1v) is 9.18. The second-order valence-corrected chi connectivity index (χ2v) is 6.16. The summed E-state index contributed by atoms with van der Waals surface area (Å²) in [6.45, 7) is 5.89. The lowest BCUT2D eigenvalue weighted by atomic mass is 10.3. The SMILES string of the molecule is CCN(CC)c1nc(Nc2ccccc2)c2cnn(-c3ccccc3)c2n1. The van der Waals surface area contributed by atoms with Crippen molar-refractivity contribution in [3.8, 4) is 5.69 Å². The van der Waals surface area contributed by atoms with Gasteiger partial charge in [-0.05, 0) is 38.1 Å². The number of fused-ring (bicyclic) bond motifs is 1. The Morgan fingerprint density at radius 3 is 2.22 bits per heavy atom. The fourth-order valence-corrected chi connectivity index (χ4v) is 3.06. The second kappa shape index (κ2) is 7.45. The van der Waals surface area contributed by atoms with Crippen LogP contribution in [0.5, 0.6) is 0 Å². The van der Waals surface area contributed by atoms with Crippen LogP contribution < -0.4 is 10.2 Å². The molecule has 0 bridgehead atoms. The first kappa shape index (κ1) is 17.0. The van der Waals surface area contributed by atoms with Gasteiger partial charge in [-0.1, -0.05) is 36.4 Å². The molecule has 136 valence electrons. The Balaban J connectivity index is 1.89. The molecule has 0 fully saturated rings. The highest BCUT2D eigenvalue weighted by atomic mass is 15.3. The minimum absolute atomic E-state index is 0.698. The third-order valence-electron chi connectivity index (χ3n) is 4.50. The molecule has 0 saturated heterocycles. The molecule has 0 spiro atoms. The van der Waals surface area contributed by atoms with E-state index in [4.69, 9.17) is 9.97 Å². The lowest BCUT2D eigenvalue weighted by molar-refractivity contribution is 0.820. The average Bonchev–Trinajstić information content (AvgIpc) is 3.15. The summed E-state index contributed by atoms with van der Waals surface area (Å²) >= 11 is 0. The Labute approximate surface area is 158 Å². The van der Waals surface area contributed by atoms with Gasteiger partial charge in [0.05, 0.1) is 17.3 Å².